The average molecular weight is 310 g/mol. The molecule has 0 heterocycles. The number of hydrogen-bond acceptors (Lipinski definition) is 3. The molecule has 1 aromatic carbocycles. The third-order valence-corrected chi connectivity index (χ3v) is 5.60. The van der Waals surface area contributed by atoms with Crippen LogP contribution in [0.15, 0.2) is 41.7 Å². The summed E-state index contributed by atoms with van der Waals surface area (Å²) in [6.07, 6.45) is 8.71. The fourth-order valence-electron chi connectivity index (χ4n) is 4.66. The number of rotatable bonds is 2. The Hall–Kier alpha value is -2.03. The van der Waals surface area contributed by atoms with Gasteiger partial charge in [-0.25, -0.2) is 0 Å². The van der Waals surface area contributed by atoms with Crippen molar-refractivity contribution < 1.29 is 14.3 Å². The minimum atomic E-state index is -0.214. The molecule has 1 fully saturated rings. The monoisotopic (exact) mass is 310 g/mol. The highest BCUT2D eigenvalue weighted by atomic mass is 16.5. The summed E-state index contributed by atoms with van der Waals surface area (Å²) in [4.78, 5) is 11.3. The summed E-state index contributed by atoms with van der Waals surface area (Å²) >= 11 is 0. The normalized spacial score (nSPS) is 28.0. The molecule has 1 saturated carbocycles. The fourth-order valence-corrected chi connectivity index (χ4v) is 4.66. The van der Waals surface area contributed by atoms with Gasteiger partial charge in [-0.1, -0.05) is 17.7 Å². The van der Waals surface area contributed by atoms with Gasteiger partial charge in [-0.15, -0.1) is 0 Å². The molecular formula is C20H22O3. The Balaban J connectivity index is 1.60. The van der Waals surface area contributed by atoms with Crippen LogP contribution in [0.3, 0.4) is 0 Å². The molecule has 0 radical (unpaired) electrons. The van der Waals surface area contributed by atoms with Crippen LogP contribution in [0.4, 0.5) is 0 Å². The van der Waals surface area contributed by atoms with E-state index in [1.165, 1.54) is 30.0 Å². The lowest BCUT2D eigenvalue weighted by molar-refractivity contribution is -0.137. The number of carbonyl (C=O) groups excluding carboxylic acids is 1. The van der Waals surface area contributed by atoms with E-state index in [1.807, 2.05) is 6.08 Å². The number of carbonyl (C=O) groups is 1. The van der Waals surface area contributed by atoms with Crippen LogP contribution in [0.1, 0.15) is 43.2 Å². The van der Waals surface area contributed by atoms with Gasteiger partial charge >= 0.3 is 5.97 Å². The summed E-state index contributed by atoms with van der Waals surface area (Å²) in [6.45, 7) is 1.48. The molecule has 0 bridgehead atoms. The molecule has 3 heteroatoms. The molecule has 0 N–H and O–H groups in total. The first kappa shape index (κ1) is 14.6. The van der Waals surface area contributed by atoms with E-state index < -0.39 is 0 Å². The van der Waals surface area contributed by atoms with Crippen molar-refractivity contribution in [1.29, 1.82) is 0 Å². The maximum Gasteiger partial charge on any atom is 0.307 e. The number of methoxy groups -OCH3 is 1. The first-order valence-corrected chi connectivity index (χ1v) is 8.44. The van der Waals surface area contributed by atoms with Crippen molar-refractivity contribution >= 4 is 5.97 Å². The van der Waals surface area contributed by atoms with Gasteiger partial charge in [0.05, 0.1) is 7.11 Å². The van der Waals surface area contributed by atoms with Crippen LogP contribution in [0, 0.1) is 11.8 Å². The summed E-state index contributed by atoms with van der Waals surface area (Å²) in [6, 6.07) is 6.53. The van der Waals surface area contributed by atoms with Crippen molar-refractivity contribution in [2.45, 2.75) is 38.5 Å². The molecule has 120 valence electrons. The minimum absolute atomic E-state index is 0.214. The maximum atomic E-state index is 11.3. The van der Waals surface area contributed by atoms with Crippen molar-refractivity contribution in [3.63, 3.8) is 0 Å². The predicted octanol–water partition coefficient (Wildman–Crippen LogP) is 4.14. The number of benzene rings is 1. The van der Waals surface area contributed by atoms with Crippen molar-refractivity contribution in [2.75, 3.05) is 7.11 Å². The summed E-state index contributed by atoms with van der Waals surface area (Å²) < 4.78 is 10.8. The molecule has 0 spiro atoms. The van der Waals surface area contributed by atoms with E-state index in [-0.39, 0.29) is 5.97 Å². The molecule has 3 atom stereocenters. The zero-order valence-electron chi connectivity index (χ0n) is 13.7. The minimum Gasteiger partial charge on any atom is -0.497 e. The molecule has 0 unspecified atom stereocenters. The third-order valence-electron chi connectivity index (χ3n) is 5.60. The number of aryl methyl sites for hydroxylation is 1. The molecule has 0 amide bonds. The zero-order chi connectivity index (χ0) is 16.0. The summed E-state index contributed by atoms with van der Waals surface area (Å²) in [5.74, 6) is 3.09. The summed E-state index contributed by atoms with van der Waals surface area (Å²) in [7, 11) is 1.73. The van der Waals surface area contributed by atoms with Gasteiger partial charge in [0.25, 0.3) is 0 Å². The average Bonchev–Trinajstić information content (AvgIpc) is 2.96. The van der Waals surface area contributed by atoms with Crippen LogP contribution < -0.4 is 4.74 Å². The first-order chi connectivity index (χ1) is 11.2. The lowest BCUT2D eigenvalue weighted by Crippen LogP contribution is -2.30. The highest BCUT2D eigenvalue weighted by Gasteiger charge is 2.42. The topological polar surface area (TPSA) is 35.5 Å². The van der Waals surface area contributed by atoms with E-state index in [9.17, 15) is 4.79 Å². The van der Waals surface area contributed by atoms with Gasteiger partial charge < -0.3 is 9.47 Å². The number of fused-ring (bicyclic) bond motifs is 5. The molecule has 3 aliphatic rings. The predicted molar refractivity (Wildman–Crippen MR) is 88.2 cm³/mol. The highest BCUT2D eigenvalue weighted by molar-refractivity contribution is 5.68. The second-order valence-electron chi connectivity index (χ2n) is 6.78. The molecule has 0 aliphatic heterocycles. The zero-order valence-corrected chi connectivity index (χ0v) is 13.7. The van der Waals surface area contributed by atoms with Gasteiger partial charge in [-0.2, -0.15) is 0 Å². The van der Waals surface area contributed by atoms with Crippen LogP contribution in [0.2, 0.25) is 0 Å². The van der Waals surface area contributed by atoms with Crippen LogP contribution in [0.25, 0.3) is 0 Å². The molecular weight excluding hydrogens is 288 g/mol. The van der Waals surface area contributed by atoms with E-state index in [0.29, 0.717) is 17.8 Å². The van der Waals surface area contributed by atoms with Crippen LogP contribution in [0.5, 0.6) is 5.75 Å². The third kappa shape index (κ3) is 2.39. The van der Waals surface area contributed by atoms with Crippen molar-refractivity contribution in [2.24, 2.45) is 11.8 Å². The van der Waals surface area contributed by atoms with Crippen LogP contribution in [-0.2, 0) is 16.0 Å². The molecule has 4 rings (SSSR count). The molecule has 3 aliphatic carbocycles. The van der Waals surface area contributed by atoms with E-state index in [0.717, 1.165) is 30.8 Å². The lowest BCUT2D eigenvalue weighted by atomic mass is 9.63. The standard InChI is InChI=1S/C20H22O3/c1-12(21)23-20-10-9-18-17-5-3-13-11-14(22-2)4-6-15(13)16(17)7-8-19(18)20/h4,6,9-11,16-17,19H,3,5,7-8H2,1-2H3/t16-,17-,19+/m1/s1. The molecule has 3 nitrogen and oxygen atoms in total. The molecule has 23 heavy (non-hydrogen) atoms. The number of hydrogen-bond donors (Lipinski definition) is 0. The van der Waals surface area contributed by atoms with Gasteiger partial charge in [-0.3, -0.25) is 4.79 Å². The van der Waals surface area contributed by atoms with Gasteiger partial charge in [-0.05, 0) is 66.9 Å². The van der Waals surface area contributed by atoms with Crippen molar-refractivity contribution in [1.82, 2.24) is 0 Å². The summed E-state index contributed by atoms with van der Waals surface area (Å²) in [5, 5.41) is 0. The summed E-state index contributed by atoms with van der Waals surface area (Å²) in [5.41, 5.74) is 4.40. The van der Waals surface area contributed by atoms with Gasteiger partial charge in [0.15, 0.2) is 0 Å². The van der Waals surface area contributed by atoms with E-state index in [4.69, 9.17) is 9.47 Å². The Labute approximate surface area is 137 Å². The SMILES string of the molecule is COc1ccc2c(c1)CC[C@H]1C3=CC=C(OC(C)=O)[C@H]3CC[C@H]21. The fraction of sp³-hybridized carbons (Fsp3) is 0.450. The van der Waals surface area contributed by atoms with Gasteiger partial charge in [0.2, 0.25) is 0 Å². The van der Waals surface area contributed by atoms with Gasteiger partial charge in [0, 0.05) is 12.8 Å². The van der Waals surface area contributed by atoms with Crippen molar-refractivity contribution in [3.8, 4) is 5.75 Å². The highest BCUT2D eigenvalue weighted by Crippen LogP contribution is 2.53. The number of esters is 1. The number of allylic oxidation sites excluding steroid dienone is 3. The van der Waals surface area contributed by atoms with E-state index in [1.54, 1.807) is 7.11 Å². The molecule has 0 aromatic heterocycles. The number of ether oxygens (including phenoxy) is 2. The van der Waals surface area contributed by atoms with E-state index >= 15 is 0 Å². The van der Waals surface area contributed by atoms with Crippen LogP contribution in [-0.4, -0.2) is 13.1 Å². The Bertz CT molecular complexity index is 714. The quantitative estimate of drug-likeness (QED) is 0.770. The van der Waals surface area contributed by atoms with Crippen LogP contribution >= 0.6 is 0 Å². The van der Waals surface area contributed by atoms with E-state index in [2.05, 4.69) is 24.3 Å². The van der Waals surface area contributed by atoms with Crippen molar-refractivity contribution in [3.05, 3.63) is 52.8 Å². The Morgan fingerprint density at radius 2 is 2.00 bits per heavy atom. The first-order valence-electron chi connectivity index (χ1n) is 8.44. The smallest absolute Gasteiger partial charge is 0.307 e. The van der Waals surface area contributed by atoms with Gasteiger partial charge in [0.1, 0.15) is 11.5 Å². The molecule has 1 aromatic rings. The Kier molecular flexibility index (Phi) is 3.51. The lowest BCUT2D eigenvalue weighted by Gasteiger charge is -2.41. The second-order valence-corrected chi connectivity index (χ2v) is 6.78. The molecule has 0 saturated heterocycles. The maximum absolute atomic E-state index is 11.3. The Morgan fingerprint density at radius 1 is 1.13 bits per heavy atom. The largest absolute Gasteiger partial charge is 0.497 e. The Morgan fingerprint density at radius 3 is 2.78 bits per heavy atom. The second kappa shape index (κ2) is 5.55.